The van der Waals surface area contributed by atoms with E-state index in [9.17, 15) is 13.2 Å². The first-order valence-electron chi connectivity index (χ1n) is 7.11. The maximum atomic E-state index is 13.3. The van der Waals surface area contributed by atoms with Crippen LogP contribution < -0.4 is 5.32 Å². The molecular weight excluding hydrogens is 267 g/mol. The van der Waals surface area contributed by atoms with Gasteiger partial charge < -0.3 is 10.1 Å². The van der Waals surface area contributed by atoms with Crippen LogP contribution in [0.4, 0.5) is 13.2 Å². The lowest BCUT2D eigenvalue weighted by molar-refractivity contribution is 0.0996. The van der Waals surface area contributed by atoms with E-state index in [-0.39, 0.29) is 12.1 Å². The minimum Gasteiger partial charge on any atom is -0.378 e. The minimum atomic E-state index is -1.41. The standard InChI is InChI=1S/C15H20F3NO/c1-2-19-14(6-5-11-4-3-7-20-11)10-8-12(16)15(18)13(17)9-10/h8-9,11,14,19H,2-7H2,1H3. The van der Waals surface area contributed by atoms with Crippen molar-refractivity contribution in [3.05, 3.63) is 35.1 Å². The van der Waals surface area contributed by atoms with Crippen molar-refractivity contribution in [1.29, 1.82) is 0 Å². The van der Waals surface area contributed by atoms with Crippen LogP contribution in [0.3, 0.4) is 0 Å². The molecule has 2 atom stereocenters. The third-order valence-electron chi connectivity index (χ3n) is 3.66. The Morgan fingerprint density at radius 2 is 2.00 bits per heavy atom. The molecule has 0 spiro atoms. The van der Waals surface area contributed by atoms with Crippen molar-refractivity contribution < 1.29 is 17.9 Å². The van der Waals surface area contributed by atoms with Gasteiger partial charge in [-0.05, 0) is 49.9 Å². The fraction of sp³-hybridized carbons (Fsp3) is 0.600. The summed E-state index contributed by atoms with van der Waals surface area (Å²) in [5.74, 6) is -3.69. The van der Waals surface area contributed by atoms with Crippen molar-refractivity contribution in [3.8, 4) is 0 Å². The predicted octanol–water partition coefficient (Wildman–Crippen LogP) is 3.71. The molecule has 20 heavy (non-hydrogen) atoms. The normalized spacial score (nSPS) is 20.3. The first kappa shape index (κ1) is 15.3. The molecule has 2 unspecified atom stereocenters. The average Bonchev–Trinajstić information content (AvgIpc) is 2.93. The molecule has 0 radical (unpaired) electrons. The molecule has 2 nitrogen and oxygen atoms in total. The fourth-order valence-corrected chi connectivity index (χ4v) is 2.63. The molecule has 1 aliphatic rings. The van der Waals surface area contributed by atoms with Gasteiger partial charge >= 0.3 is 0 Å². The fourth-order valence-electron chi connectivity index (χ4n) is 2.63. The summed E-state index contributed by atoms with van der Waals surface area (Å²) >= 11 is 0. The first-order valence-corrected chi connectivity index (χ1v) is 7.11. The smallest absolute Gasteiger partial charge is 0.194 e. The van der Waals surface area contributed by atoms with Crippen molar-refractivity contribution in [2.75, 3.05) is 13.2 Å². The molecule has 0 aromatic heterocycles. The molecule has 2 rings (SSSR count). The van der Waals surface area contributed by atoms with E-state index in [0.717, 1.165) is 38.0 Å². The quantitative estimate of drug-likeness (QED) is 0.805. The van der Waals surface area contributed by atoms with E-state index in [0.29, 0.717) is 18.5 Å². The van der Waals surface area contributed by atoms with E-state index >= 15 is 0 Å². The Kier molecular flexibility index (Phi) is 5.43. The van der Waals surface area contributed by atoms with Crippen LogP contribution in [0.2, 0.25) is 0 Å². The second-order valence-corrected chi connectivity index (χ2v) is 5.12. The van der Waals surface area contributed by atoms with Crippen LogP contribution in [-0.4, -0.2) is 19.3 Å². The largest absolute Gasteiger partial charge is 0.378 e. The Balaban J connectivity index is 2.06. The molecule has 1 saturated heterocycles. The van der Waals surface area contributed by atoms with E-state index < -0.39 is 17.5 Å². The van der Waals surface area contributed by atoms with Gasteiger partial charge in [0, 0.05) is 12.6 Å². The van der Waals surface area contributed by atoms with Gasteiger partial charge in [0.05, 0.1) is 6.10 Å². The SMILES string of the molecule is CCNC(CCC1CCCO1)c1cc(F)c(F)c(F)c1. The highest BCUT2D eigenvalue weighted by Crippen LogP contribution is 2.26. The molecule has 112 valence electrons. The molecule has 1 aromatic carbocycles. The summed E-state index contributed by atoms with van der Waals surface area (Å²) in [7, 11) is 0. The highest BCUT2D eigenvalue weighted by molar-refractivity contribution is 5.22. The topological polar surface area (TPSA) is 21.3 Å². The van der Waals surface area contributed by atoms with Crippen molar-refractivity contribution in [3.63, 3.8) is 0 Å². The first-order chi connectivity index (χ1) is 9.61. The zero-order valence-electron chi connectivity index (χ0n) is 11.6. The molecule has 0 bridgehead atoms. The Bertz CT molecular complexity index is 424. The van der Waals surface area contributed by atoms with Crippen LogP contribution in [-0.2, 0) is 4.74 Å². The van der Waals surface area contributed by atoms with E-state index in [2.05, 4.69) is 5.32 Å². The van der Waals surface area contributed by atoms with Crippen LogP contribution in [0.25, 0.3) is 0 Å². The Morgan fingerprint density at radius 3 is 2.55 bits per heavy atom. The lowest BCUT2D eigenvalue weighted by atomic mass is 9.98. The number of hydrogen-bond acceptors (Lipinski definition) is 2. The monoisotopic (exact) mass is 287 g/mol. The summed E-state index contributed by atoms with van der Waals surface area (Å²) in [6.45, 7) is 3.39. The molecule has 1 N–H and O–H groups in total. The number of ether oxygens (including phenoxy) is 1. The van der Waals surface area contributed by atoms with E-state index in [1.54, 1.807) is 0 Å². The van der Waals surface area contributed by atoms with Crippen molar-refractivity contribution in [1.82, 2.24) is 5.32 Å². The Labute approximate surface area is 117 Å². The second kappa shape index (κ2) is 7.09. The number of nitrogens with one attached hydrogen (secondary N) is 1. The lowest BCUT2D eigenvalue weighted by Crippen LogP contribution is -2.23. The maximum Gasteiger partial charge on any atom is 0.194 e. The summed E-state index contributed by atoms with van der Waals surface area (Å²) in [4.78, 5) is 0. The van der Waals surface area contributed by atoms with Crippen LogP contribution in [0.15, 0.2) is 12.1 Å². The van der Waals surface area contributed by atoms with Gasteiger partial charge in [-0.2, -0.15) is 0 Å². The highest BCUT2D eigenvalue weighted by Gasteiger charge is 2.20. The van der Waals surface area contributed by atoms with Gasteiger partial charge in [0.2, 0.25) is 0 Å². The summed E-state index contributed by atoms with van der Waals surface area (Å²) in [6.07, 6.45) is 3.87. The summed E-state index contributed by atoms with van der Waals surface area (Å²) in [5.41, 5.74) is 0.446. The van der Waals surface area contributed by atoms with Crippen LogP contribution in [0.1, 0.15) is 44.2 Å². The van der Waals surface area contributed by atoms with E-state index in [1.807, 2.05) is 6.92 Å². The molecule has 1 fully saturated rings. The molecular formula is C15H20F3NO. The van der Waals surface area contributed by atoms with Gasteiger partial charge in [-0.15, -0.1) is 0 Å². The van der Waals surface area contributed by atoms with Gasteiger partial charge in [-0.25, -0.2) is 13.2 Å². The van der Waals surface area contributed by atoms with E-state index in [4.69, 9.17) is 4.74 Å². The maximum absolute atomic E-state index is 13.3. The summed E-state index contributed by atoms with van der Waals surface area (Å²) in [5, 5.41) is 3.19. The van der Waals surface area contributed by atoms with Crippen LogP contribution >= 0.6 is 0 Å². The second-order valence-electron chi connectivity index (χ2n) is 5.12. The van der Waals surface area contributed by atoms with Gasteiger partial charge in [-0.3, -0.25) is 0 Å². The lowest BCUT2D eigenvalue weighted by Gasteiger charge is -2.20. The van der Waals surface area contributed by atoms with Crippen LogP contribution in [0.5, 0.6) is 0 Å². The van der Waals surface area contributed by atoms with Gasteiger partial charge in [0.1, 0.15) is 0 Å². The van der Waals surface area contributed by atoms with Crippen LogP contribution in [0, 0.1) is 17.5 Å². The molecule has 0 saturated carbocycles. The zero-order chi connectivity index (χ0) is 14.5. The number of hydrogen-bond donors (Lipinski definition) is 1. The van der Waals surface area contributed by atoms with Crippen molar-refractivity contribution in [2.24, 2.45) is 0 Å². The Morgan fingerprint density at radius 1 is 1.30 bits per heavy atom. The molecule has 1 aromatic rings. The minimum absolute atomic E-state index is 0.186. The number of rotatable bonds is 6. The van der Waals surface area contributed by atoms with Gasteiger partial charge in [-0.1, -0.05) is 6.92 Å². The predicted molar refractivity (Wildman–Crippen MR) is 70.9 cm³/mol. The molecule has 5 heteroatoms. The van der Waals surface area contributed by atoms with Crippen molar-refractivity contribution in [2.45, 2.75) is 44.8 Å². The third kappa shape index (κ3) is 3.73. The molecule has 1 aliphatic heterocycles. The van der Waals surface area contributed by atoms with Gasteiger partial charge in [0.15, 0.2) is 17.5 Å². The molecule has 1 heterocycles. The summed E-state index contributed by atoms with van der Waals surface area (Å²) < 4.78 is 45.2. The zero-order valence-corrected chi connectivity index (χ0v) is 11.6. The highest BCUT2D eigenvalue weighted by atomic mass is 19.2. The van der Waals surface area contributed by atoms with Crippen molar-refractivity contribution >= 4 is 0 Å². The molecule has 0 aliphatic carbocycles. The number of benzene rings is 1. The Hall–Kier alpha value is -1.07. The molecule has 0 amide bonds. The average molecular weight is 287 g/mol. The van der Waals surface area contributed by atoms with Gasteiger partial charge in [0.25, 0.3) is 0 Å². The summed E-state index contributed by atoms with van der Waals surface area (Å²) in [6, 6.07) is 1.96. The van der Waals surface area contributed by atoms with E-state index in [1.165, 1.54) is 0 Å². The third-order valence-corrected chi connectivity index (χ3v) is 3.66. The number of halogens is 3.